The summed E-state index contributed by atoms with van der Waals surface area (Å²) >= 11 is 0. The Morgan fingerprint density at radius 3 is 2.14 bits per heavy atom. The number of carbonyl (C=O) groups is 2. The summed E-state index contributed by atoms with van der Waals surface area (Å²) < 4.78 is 0. The van der Waals surface area contributed by atoms with Crippen molar-refractivity contribution in [2.24, 2.45) is 0 Å². The SMILES string of the molecule is CCC(C)(C)N(C)C(=O)N(CC(=O)O)c1ccc(C)cc1. The maximum absolute atomic E-state index is 12.7. The average molecular weight is 292 g/mol. The highest BCUT2D eigenvalue weighted by molar-refractivity contribution is 5.96. The number of nitrogens with zero attached hydrogens (tertiary/aromatic N) is 2. The molecule has 0 unspecified atom stereocenters. The number of carboxylic acids is 1. The average Bonchev–Trinajstić information content (AvgIpc) is 2.44. The Kier molecular flexibility index (Phi) is 5.35. The van der Waals surface area contributed by atoms with Crippen LogP contribution >= 0.6 is 0 Å². The quantitative estimate of drug-likeness (QED) is 0.907. The van der Waals surface area contributed by atoms with Gasteiger partial charge < -0.3 is 10.0 Å². The molecule has 0 heterocycles. The molecule has 5 heteroatoms. The maximum atomic E-state index is 12.7. The van der Waals surface area contributed by atoms with Crippen LogP contribution in [0.25, 0.3) is 0 Å². The summed E-state index contributed by atoms with van der Waals surface area (Å²) in [6, 6.07) is 6.95. The van der Waals surface area contributed by atoms with Crippen molar-refractivity contribution in [2.45, 2.75) is 39.7 Å². The van der Waals surface area contributed by atoms with E-state index in [1.54, 1.807) is 24.1 Å². The highest BCUT2D eigenvalue weighted by Crippen LogP contribution is 2.22. The first-order valence-electron chi connectivity index (χ1n) is 7.03. The van der Waals surface area contributed by atoms with Crippen LogP contribution in [0.1, 0.15) is 32.8 Å². The second-order valence-corrected chi connectivity index (χ2v) is 5.82. The third kappa shape index (κ3) is 4.21. The zero-order valence-electron chi connectivity index (χ0n) is 13.4. The second-order valence-electron chi connectivity index (χ2n) is 5.82. The van der Waals surface area contributed by atoms with E-state index in [4.69, 9.17) is 5.11 Å². The highest BCUT2D eigenvalue weighted by atomic mass is 16.4. The number of urea groups is 1. The van der Waals surface area contributed by atoms with Crippen LogP contribution in [0.15, 0.2) is 24.3 Å². The minimum absolute atomic E-state index is 0.312. The molecule has 1 aromatic carbocycles. The molecule has 0 aromatic heterocycles. The van der Waals surface area contributed by atoms with Gasteiger partial charge in [0.05, 0.1) is 0 Å². The number of hydrogen-bond donors (Lipinski definition) is 1. The number of anilines is 1. The van der Waals surface area contributed by atoms with Crippen LogP contribution in [0.4, 0.5) is 10.5 Å². The van der Waals surface area contributed by atoms with Crippen molar-refractivity contribution in [3.63, 3.8) is 0 Å². The highest BCUT2D eigenvalue weighted by Gasteiger charge is 2.30. The third-order valence-electron chi connectivity index (χ3n) is 3.93. The molecule has 21 heavy (non-hydrogen) atoms. The molecular formula is C16H24N2O3. The van der Waals surface area contributed by atoms with Crippen molar-refractivity contribution in [3.05, 3.63) is 29.8 Å². The minimum atomic E-state index is -1.04. The molecule has 0 saturated heterocycles. The molecule has 0 aliphatic heterocycles. The lowest BCUT2D eigenvalue weighted by atomic mass is 10.0. The van der Waals surface area contributed by atoms with Crippen molar-refractivity contribution in [1.82, 2.24) is 4.90 Å². The molecule has 5 nitrogen and oxygen atoms in total. The van der Waals surface area contributed by atoms with Crippen LogP contribution in [0.3, 0.4) is 0 Å². The summed E-state index contributed by atoms with van der Waals surface area (Å²) in [5, 5.41) is 9.08. The first kappa shape index (κ1) is 17.0. The Morgan fingerprint density at radius 2 is 1.71 bits per heavy atom. The van der Waals surface area contributed by atoms with E-state index in [9.17, 15) is 9.59 Å². The first-order chi connectivity index (χ1) is 9.69. The van der Waals surface area contributed by atoms with E-state index in [0.29, 0.717) is 5.69 Å². The number of rotatable bonds is 5. The smallest absolute Gasteiger partial charge is 0.325 e. The molecule has 0 atom stereocenters. The molecule has 0 aliphatic rings. The van der Waals surface area contributed by atoms with E-state index in [2.05, 4.69) is 0 Å². The van der Waals surface area contributed by atoms with Gasteiger partial charge in [0.2, 0.25) is 0 Å². The first-order valence-corrected chi connectivity index (χ1v) is 7.03. The standard InChI is InChI=1S/C16H24N2O3/c1-6-16(3,4)17(5)15(21)18(11-14(19)20)13-9-7-12(2)8-10-13/h7-10H,6,11H2,1-5H3,(H,19,20). The van der Waals surface area contributed by atoms with Gasteiger partial charge >= 0.3 is 12.0 Å². The van der Waals surface area contributed by atoms with Gasteiger partial charge in [-0.25, -0.2) is 4.79 Å². The number of aryl methyl sites for hydroxylation is 1. The molecule has 0 bridgehead atoms. The fourth-order valence-corrected chi connectivity index (χ4v) is 1.81. The summed E-state index contributed by atoms with van der Waals surface area (Å²) in [6.45, 7) is 7.50. The lowest BCUT2D eigenvalue weighted by molar-refractivity contribution is -0.135. The van der Waals surface area contributed by atoms with Gasteiger partial charge in [-0.3, -0.25) is 9.69 Å². The van der Waals surface area contributed by atoms with E-state index < -0.39 is 5.97 Å². The van der Waals surface area contributed by atoms with Crippen molar-refractivity contribution < 1.29 is 14.7 Å². The van der Waals surface area contributed by atoms with Crippen LogP contribution in [-0.4, -0.2) is 41.1 Å². The topological polar surface area (TPSA) is 60.9 Å². The number of hydrogen-bond acceptors (Lipinski definition) is 2. The number of aliphatic carboxylic acids is 1. The monoisotopic (exact) mass is 292 g/mol. The number of carbonyl (C=O) groups excluding carboxylic acids is 1. The Morgan fingerprint density at radius 1 is 1.19 bits per heavy atom. The fourth-order valence-electron chi connectivity index (χ4n) is 1.81. The molecule has 0 saturated carbocycles. The lowest BCUT2D eigenvalue weighted by Gasteiger charge is -2.38. The van der Waals surface area contributed by atoms with Crippen LogP contribution in [0.2, 0.25) is 0 Å². The molecule has 0 aliphatic carbocycles. The van der Waals surface area contributed by atoms with Crippen LogP contribution in [-0.2, 0) is 4.79 Å². The van der Waals surface area contributed by atoms with Crippen molar-refractivity contribution in [2.75, 3.05) is 18.5 Å². The molecule has 0 spiro atoms. The van der Waals surface area contributed by atoms with E-state index in [-0.39, 0.29) is 18.1 Å². The summed E-state index contributed by atoms with van der Waals surface area (Å²) in [7, 11) is 1.70. The summed E-state index contributed by atoms with van der Waals surface area (Å²) in [4.78, 5) is 26.6. The summed E-state index contributed by atoms with van der Waals surface area (Å²) in [5.74, 6) is -1.04. The zero-order valence-corrected chi connectivity index (χ0v) is 13.4. The second kappa shape index (κ2) is 6.61. The molecule has 1 rings (SSSR count). The van der Waals surface area contributed by atoms with Crippen LogP contribution in [0.5, 0.6) is 0 Å². The van der Waals surface area contributed by atoms with Gasteiger partial charge in [-0.05, 0) is 39.3 Å². The fraction of sp³-hybridized carbons (Fsp3) is 0.500. The van der Waals surface area contributed by atoms with Gasteiger partial charge in [-0.1, -0.05) is 24.6 Å². The molecular weight excluding hydrogens is 268 g/mol. The Labute approximate surface area is 126 Å². The number of benzene rings is 1. The van der Waals surface area contributed by atoms with Gasteiger partial charge in [0.15, 0.2) is 0 Å². The van der Waals surface area contributed by atoms with Gasteiger partial charge in [-0.2, -0.15) is 0 Å². The van der Waals surface area contributed by atoms with Gasteiger partial charge in [0.25, 0.3) is 0 Å². The summed E-state index contributed by atoms with van der Waals surface area (Å²) in [5.41, 5.74) is 1.31. The molecule has 1 aromatic rings. The molecule has 1 N–H and O–H groups in total. The van der Waals surface area contributed by atoms with Crippen molar-refractivity contribution in [1.29, 1.82) is 0 Å². The van der Waals surface area contributed by atoms with Gasteiger partial charge in [-0.15, -0.1) is 0 Å². The number of amides is 2. The molecule has 0 fully saturated rings. The van der Waals surface area contributed by atoms with E-state index in [1.165, 1.54) is 4.90 Å². The molecule has 0 radical (unpaired) electrons. The zero-order chi connectivity index (χ0) is 16.2. The largest absolute Gasteiger partial charge is 0.480 e. The van der Waals surface area contributed by atoms with Crippen molar-refractivity contribution >= 4 is 17.7 Å². The van der Waals surface area contributed by atoms with Gasteiger partial charge in [0, 0.05) is 18.3 Å². The number of carboxylic acid groups (broad SMARTS) is 1. The van der Waals surface area contributed by atoms with E-state index >= 15 is 0 Å². The van der Waals surface area contributed by atoms with Crippen LogP contribution in [0, 0.1) is 6.92 Å². The predicted octanol–water partition coefficient (Wildman–Crippen LogP) is 3.13. The predicted molar refractivity (Wildman–Crippen MR) is 83.7 cm³/mol. The van der Waals surface area contributed by atoms with E-state index in [0.717, 1.165) is 12.0 Å². The lowest BCUT2D eigenvalue weighted by Crippen LogP contribution is -2.52. The maximum Gasteiger partial charge on any atom is 0.325 e. The van der Waals surface area contributed by atoms with Crippen molar-refractivity contribution in [3.8, 4) is 0 Å². The van der Waals surface area contributed by atoms with E-state index in [1.807, 2.05) is 39.8 Å². The Balaban J connectivity index is 3.10. The summed E-state index contributed by atoms with van der Waals surface area (Å²) in [6.07, 6.45) is 0.782. The third-order valence-corrected chi connectivity index (χ3v) is 3.93. The molecule has 2 amide bonds. The minimum Gasteiger partial charge on any atom is -0.480 e. The Hall–Kier alpha value is -2.04. The Bertz CT molecular complexity index is 509. The van der Waals surface area contributed by atoms with Crippen LogP contribution < -0.4 is 4.90 Å². The molecule has 116 valence electrons. The normalized spacial score (nSPS) is 11.1. The van der Waals surface area contributed by atoms with Gasteiger partial charge in [0.1, 0.15) is 6.54 Å².